The molecule has 1 saturated carbocycles. The third-order valence-electron chi connectivity index (χ3n) is 5.99. The van der Waals surface area contributed by atoms with Gasteiger partial charge in [0.2, 0.25) is 5.95 Å². The molecule has 5 rings (SSSR count). The van der Waals surface area contributed by atoms with Gasteiger partial charge in [-0.3, -0.25) is 9.67 Å². The van der Waals surface area contributed by atoms with E-state index in [9.17, 15) is 4.39 Å². The molecule has 0 amide bonds. The zero-order valence-corrected chi connectivity index (χ0v) is 20.7. The van der Waals surface area contributed by atoms with E-state index in [-0.39, 0.29) is 17.8 Å². The van der Waals surface area contributed by atoms with Crippen molar-refractivity contribution in [2.45, 2.75) is 51.9 Å². The van der Waals surface area contributed by atoms with Crippen LogP contribution in [0.4, 0.5) is 21.8 Å². The van der Waals surface area contributed by atoms with Gasteiger partial charge in [0.15, 0.2) is 5.82 Å². The molecule has 3 heterocycles. The second-order valence-electron chi connectivity index (χ2n) is 9.21. The van der Waals surface area contributed by atoms with Crippen molar-refractivity contribution in [3.8, 4) is 11.3 Å². The molecular formula is C25H27ClFN7O. The minimum absolute atomic E-state index is 0.0746. The standard InChI is InChI=1S/C25H27ClFN7O/c1-14(2)30-24-23(28-4)22(19-8-5-17(26)9-20(19)27)31-25(32-24)33-11-15(3)35-21(13-33)16-10-29-34(12-16)18-6-7-18/h5,8-10,12,15,18,21H,4,6-7,11,13H2,1-3H3/t15-,21+/m0/s1. The predicted octanol–water partition coefficient (Wildman–Crippen LogP) is 5.88. The Morgan fingerprint density at radius 2 is 2.03 bits per heavy atom. The Morgan fingerprint density at radius 1 is 1.23 bits per heavy atom. The normalized spacial score (nSPS) is 20.1. The summed E-state index contributed by atoms with van der Waals surface area (Å²) >= 11 is 5.99. The van der Waals surface area contributed by atoms with Crippen LogP contribution in [0.15, 0.2) is 40.6 Å². The van der Waals surface area contributed by atoms with Gasteiger partial charge >= 0.3 is 0 Å². The van der Waals surface area contributed by atoms with Crippen molar-refractivity contribution < 1.29 is 9.13 Å². The fraction of sp³-hybridized carbons (Fsp3) is 0.400. The zero-order valence-electron chi connectivity index (χ0n) is 19.9. The molecule has 0 bridgehead atoms. The minimum atomic E-state index is -0.504. The largest absolute Gasteiger partial charge is 0.367 e. The summed E-state index contributed by atoms with van der Waals surface area (Å²) in [5.74, 6) is 0.263. The van der Waals surface area contributed by atoms with Gasteiger partial charge in [0.05, 0.1) is 24.9 Å². The molecule has 2 aliphatic rings. The molecule has 1 aliphatic carbocycles. The molecule has 35 heavy (non-hydrogen) atoms. The van der Waals surface area contributed by atoms with Crippen LogP contribution in [0, 0.1) is 5.82 Å². The van der Waals surface area contributed by atoms with Crippen LogP contribution in [0.1, 0.15) is 51.3 Å². The summed E-state index contributed by atoms with van der Waals surface area (Å²) in [6.07, 6.45) is 6.00. The number of ether oxygens (including phenoxy) is 1. The molecule has 0 N–H and O–H groups in total. The van der Waals surface area contributed by atoms with Crippen LogP contribution < -0.4 is 4.90 Å². The van der Waals surface area contributed by atoms with Gasteiger partial charge < -0.3 is 9.64 Å². The van der Waals surface area contributed by atoms with E-state index in [0.717, 1.165) is 24.1 Å². The first-order chi connectivity index (χ1) is 16.8. The fourth-order valence-electron chi connectivity index (χ4n) is 4.23. The molecule has 2 aromatic heterocycles. The van der Waals surface area contributed by atoms with Crippen LogP contribution in [0.5, 0.6) is 0 Å². The average molecular weight is 496 g/mol. The molecule has 8 nitrogen and oxygen atoms in total. The smallest absolute Gasteiger partial charge is 0.228 e. The van der Waals surface area contributed by atoms with Gasteiger partial charge in [-0.15, -0.1) is 0 Å². The number of morpholine rings is 1. The van der Waals surface area contributed by atoms with Gasteiger partial charge in [0.25, 0.3) is 0 Å². The Hall–Kier alpha value is -3.17. The highest BCUT2D eigenvalue weighted by Crippen LogP contribution is 2.40. The molecule has 182 valence electrons. The van der Waals surface area contributed by atoms with Crippen molar-refractivity contribution in [1.29, 1.82) is 0 Å². The summed E-state index contributed by atoms with van der Waals surface area (Å²) in [7, 11) is 0. The molecule has 1 aromatic carbocycles. The molecule has 1 aliphatic heterocycles. The number of aromatic nitrogens is 4. The van der Waals surface area contributed by atoms with E-state index in [2.05, 4.69) is 28.0 Å². The first-order valence-corrected chi connectivity index (χ1v) is 12.0. The van der Waals surface area contributed by atoms with Crippen molar-refractivity contribution in [2.75, 3.05) is 18.0 Å². The third-order valence-corrected chi connectivity index (χ3v) is 6.22. The van der Waals surface area contributed by atoms with Crippen molar-refractivity contribution in [2.24, 2.45) is 9.98 Å². The van der Waals surface area contributed by atoms with E-state index in [1.807, 2.05) is 36.5 Å². The second-order valence-corrected chi connectivity index (χ2v) is 9.65. The minimum Gasteiger partial charge on any atom is -0.367 e. The summed E-state index contributed by atoms with van der Waals surface area (Å²) in [4.78, 5) is 20.2. The molecule has 2 fully saturated rings. The highest BCUT2D eigenvalue weighted by atomic mass is 35.5. The fourth-order valence-corrected chi connectivity index (χ4v) is 4.39. The molecule has 0 unspecified atom stereocenters. The summed E-state index contributed by atoms with van der Waals surface area (Å²) in [5, 5.41) is 4.81. The Labute approximate surface area is 208 Å². The van der Waals surface area contributed by atoms with Crippen molar-refractivity contribution in [3.63, 3.8) is 0 Å². The lowest BCUT2D eigenvalue weighted by molar-refractivity contribution is -0.0178. The maximum Gasteiger partial charge on any atom is 0.228 e. The highest BCUT2D eigenvalue weighted by molar-refractivity contribution is 6.30. The summed E-state index contributed by atoms with van der Waals surface area (Å²) in [6, 6.07) is 4.95. The SMILES string of the molecule is C=Nc1c(N=C(C)C)nc(N2C[C@H](C)O[C@@H](c3cnn(C4CC4)c3)C2)nc1-c1ccc(Cl)cc1F. The van der Waals surface area contributed by atoms with Crippen molar-refractivity contribution in [1.82, 2.24) is 19.7 Å². The molecule has 2 atom stereocenters. The van der Waals surface area contributed by atoms with Crippen molar-refractivity contribution in [3.05, 3.63) is 47.0 Å². The van der Waals surface area contributed by atoms with Gasteiger partial charge in [-0.2, -0.15) is 10.1 Å². The summed E-state index contributed by atoms with van der Waals surface area (Å²) in [6.45, 7) is 10.5. The van der Waals surface area contributed by atoms with Gasteiger partial charge in [0.1, 0.15) is 23.3 Å². The highest BCUT2D eigenvalue weighted by Gasteiger charge is 2.32. The Balaban J connectivity index is 1.57. The lowest BCUT2D eigenvalue weighted by Gasteiger charge is -2.36. The van der Waals surface area contributed by atoms with Crippen LogP contribution in [0.25, 0.3) is 11.3 Å². The molecule has 10 heteroatoms. The lowest BCUT2D eigenvalue weighted by Crippen LogP contribution is -2.43. The number of anilines is 1. The molecule has 3 aromatic rings. The van der Waals surface area contributed by atoms with Gasteiger partial charge in [-0.1, -0.05) is 11.6 Å². The van der Waals surface area contributed by atoms with Gasteiger partial charge in [-0.05, 0) is 58.5 Å². The summed E-state index contributed by atoms with van der Waals surface area (Å²) in [5.41, 5.74) is 2.69. The van der Waals surface area contributed by atoms with E-state index < -0.39 is 5.82 Å². The first kappa shape index (κ1) is 23.6. The van der Waals surface area contributed by atoms with Crippen LogP contribution >= 0.6 is 11.6 Å². The molecule has 0 spiro atoms. The van der Waals surface area contributed by atoms with E-state index in [1.54, 1.807) is 12.1 Å². The molecular weight excluding hydrogens is 469 g/mol. The number of aliphatic imine (C=N–C) groups is 2. The van der Waals surface area contributed by atoms with Crippen LogP contribution in [-0.4, -0.2) is 51.4 Å². The molecule has 0 radical (unpaired) electrons. The number of hydrogen-bond donors (Lipinski definition) is 0. The van der Waals surface area contributed by atoms with E-state index in [4.69, 9.17) is 26.3 Å². The monoisotopic (exact) mass is 495 g/mol. The number of hydrogen-bond acceptors (Lipinski definition) is 7. The number of nitrogens with zero attached hydrogens (tertiary/aromatic N) is 7. The number of benzene rings is 1. The Bertz CT molecular complexity index is 1300. The van der Waals surface area contributed by atoms with Crippen molar-refractivity contribution >= 4 is 41.5 Å². The van der Waals surface area contributed by atoms with E-state index in [1.165, 1.54) is 6.07 Å². The van der Waals surface area contributed by atoms with Gasteiger partial charge in [-0.25, -0.2) is 14.4 Å². The van der Waals surface area contributed by atoms with Crippen LogP contribution in [0.2, 0.25) is 5.02 Å². The maximum atomic E-state index is 15.0. The number of halogens is 2. The van der Waals surface area contributed by atoms with E-state index >= 15 is 0 Å². The van der Waals surface area contributed by atoms with Gasteiger partial charge in [0, 0.05) is 34.6 Å². The Morgan fingerprint density at radius 3 is 2.71 bits per heavy atom. The van der Waals surface area contributed by atoms with E-state index in [0.29, 0.717) is 47.3 Å². The topological polar surface area (TPSA) is 80.8 Å². The van der Waals surface area contributed by atoms with Crippen LogP contribution in [-0.2, 0) is 4.74 Å². The summed E-state index contributed by atoms with van der Waals surface area (Å²) < 4.78 is 23.2. The second kappa shape index (κ2) is 9.47. The average Bonchev–Trinajstić information content (AvgIpc) is 3.54. The Kier molecular flexibility index (Phi) is 6.37. The van der Waals surface area contributed by atoms with Crippen LogP contribution in [0.3, 0.4) is 0 Å². The number of rotatable bonds is 6. The lowest BCUT2D eigenvalue weighted by atomic mass is 10.1. The zero-order chi connectivity index (χ0) is 24.7. The molecule has 1 saturated heterocycles. The maximum absolute atomic E-state index is 15.0. The third kappa shape index (κ3) is 4.97. The quantitative estimate of drug-likeness (QED) is 0.399. The first-order valence-electron chi connectivity index (χ1n) is 11.6. The predicted molar refractivity (Wildman–Crippen MR) is 136 cm³/mol.